The zero-order chi connectivity index (χ0) is 14.5. The summed E-state index contributed by atoms with van der Waals surface area (Å²) in [6.45, 7) is 8.21. The lowest BCUT2D eigenvalue weighted by Gasteiger charge is -2.23. The minimum absolute atomic E-state index is 0.108. The molecule has 0 aliphatic carbocycles. The number of hydrogen-bond acceptors (Lipinski definition) is 3. The van der Waals surface area contributed by atoms with Crippen molar-refractivity contribution in [3.05, 3.63) is 29.8 Å². The number of ether oxygens (including phenoxy) is 1. The van der Waals surface area contributed by atoms with Crippen LogP contribution in [-0.2, 0) is 4.74 Å². The monoisotopic (exact) mass is 280 g/mol. The van der Waals surface area contributed by atoms with Crippen molar-refractivity contribution in [3.63, 3.8) is 0 Å². The average molecular weight is 280 g/mol. The highest BCUT2D eigenvalue weighted by Gasteiger charge is 2.12. The smallest absolute Gasteiger partial charge is 0.338 e. The zero-order valence-electron chi connectivity index (χ0n) is 11.7. The van der Waals surface area contributed by atoms with Gasteiger partial charge in [-0.1, -0.05) is 6.07 Å². The van der Waals surface area contributed by atoms with Gasteiger partial charge in [-0.2, -0.15) is 0 Å². The third-order valence-corrected chi connectivity index (χ3v) is 2.32. The summed E-state index contributed by atoms with van der Waals surface area (Å²) in [5.41, 5.74) is 1.15. The fraction of sp³-hybridized carbons (Fsp3) is 0.429. The molecule has 0 aromatic heterocycles. The molecule has 0 heterocycles. The maximum Gasteiger partial charge on any atom is 0.338 e. The van der Waals surface area contributed by atoms with E-state index in [4.69, 9.17) is 17.0 Å². The number of rotatable bonds is 3. The molecule has 0 spiro atoms. The molecular weight excluding hydrogens is 260 g/mol. The molecule has 1 rings (SSSR count). The number of carbonyl (C=O) groups excluding carboxylic acids is 1. The van der Waals surface area contributed by atoms with Crippen LogP contribution >= 0.6 is 12.2 Å². The van der Waals surface area contributed by atoms with Crippen LogP contribution in [0.4, 0.5) is 5.69 Å². The van der Waals surface area contributed by atoms with Gasteiger partial charge in [0.2, 0.25) is 0 Å². The lowest BCUT2D eigenvalue weighted by molar-refractivity contribution is 0.0526. The van der Waals surface area contributed by atoms with E-state index in [0.717, 1.165) is 5.69 Å². The Morgan fingerprint density at radius 2 is 2.05 bits per heavy atom. The van der Waals surface area contributed by atoms with E-state index in [1.807, 2.05) is 26.8 Å². The molecule has 0 atom stereocenters. The van der Waals surface area contributed by atoms with Crippen molar-refractivity contribution in [2.45, 2.75) is 33.2 Å². The summed E-state index contributed by atoms with van der Waals surface area (Å²) in [7, 11) is 0. The molecule has 104 valence electrons. The van der Waals surface area contributed by atoms with Crippen molar-refractivity contribution in [3.8, 4) is 0 Å². The topological polar surface area (TPSA) is 50.4 Å². The van der Waals surface area contributed by atoms with Crippen LogP contribution in [0.25, 0.3) is 0 Å². The maximum absolute atomic E-state index is 11.6. The van der Waals surface area contributed by atoms with E-state index in [0.29, 0.717) is 17.3 Å². The van der Waals surface area contributed by atoms with E-state index < -0.39 is 0 Å². The minimum atomic E-state index is -0.333. The number of carbonyl (C=O) groups is 1. The molecule has 4 nitrogen and oxygen atoms in total. The summed E-state index contributed by atoms with van der Waals surface area (Å²) in [5.74, 6) is -0.333. The highest BCUT2D eigenvalue weighted by atomic mass is 32.1. The van der Waals surface area contributed by atoms with Crippen LogP contribution in [0.2, 0.25) is 0 Å². The molecule has 1 aromatic rings. The molecule has 0 fully saturated rings. The van der Waals surface area contributed by atoms with Gasteiger partial charge in [0.1, 0.15) is 0 Å². The summed E-state index contributed by atoms with van der Waals surface area (Å²) in [6.07, 6.45) is 0. The van der Waals surface area contributed by atoms with Crippen molar-refractivity contribution in [1.82, 2.24) is 5.32 Å². The SMILES string of the molecule is CCOC(=O)c1cccc(NC(=S)NC(C)(C)C)c1. The van der Waals surface area contributed by atoms with E-state index in [2.05, 4.69) is 10.6 Å². The molecule has 0 bridgehead atoms. The van der Waals surface area contributed by atoms with Gasteiger partial charge >= 0.3 is 5.97 Å². The first-order chi connectivity index (χ1) is 8.81. The average Bonchev–Trinajstić information content (AvgIpc) is 2.27. The lowest BCUT2D eigenvalue weighted by Crippen LogP contribution is -2.42. The van der Waals surface area contributed by atoms with Crippen molar-refractivity contribution >= 4 is 29.0 Å². The van der Waals surface area contributed by atoms with Gasteiger partial charge in [-0.05, 0) is 58.1 Å². The van der Waals surface area contributed by atoms with Crippen LogP contribution in [0.1, 0.15) is 38.1 Å². The van der Waals surface area contributed by atoms with Gasteiger partial charge in [-0.15, -0.1) is 0 Å². The van der Waals surface area contributed by atoms with Crippen molar-refractivity contribution < 1.29 is 9.53 Å². The van der Waals surface area contributed by atoms with E-state index in [1.54, 1.807) is 25.1 Å². The summed E-state index contributed by atoms with van der Waals surface area (Å²) in [4.78, 5) is 11.6. The Balaban J connectivity index is 2.72. The third-order valence-electron chi connectivity index (χ3n) is 2.12. The van der Waals surface area contributed by atoms with Crippen LogP contribution < -0.4 is 10.6 Å². The molecule has 0 amide bonds. The highest BCUT2D eigenvalue weighted by Crippen LogP contribution is 2.12. The summed E-state index contributed by atoms with van der Waals surface area (Å²) in [6, 6.07) is 7.06. The van der Waals surface area contributed by atoms with Gasteiger partial charge in [0.15, 0.2) is 5.11 Å². The molecule has 0 saturated carbocycles. The van der Waals surface area contributed by atoms with Crippen molar-refractivity contribution in [1.29, 1.82) is 0 Å². The number of nitrogens with one attached hydrogen (secondary N) is 2. The summed E-state index contributed by atoms with van der Waals surface area (Å²) < 4.78 is 4.95. The maximum atomic E-state index is 11.6. The largest absolute Gasteiger partial charge is 0.462 e. The molecule has 5 heteroatoms. The Bertz CT molecular complexity index is 467. The molecule has 2 N–H and O–H groups in total. The molecule has 19 heavy (non-hydrogen) atoms. The molecule has 0 aliphatic rings. The van der Waals surface area contributed by atoms with Crippen LogP contribution in [0.5, 0.6) is 0 Å². The van der Waals surface area contributed by atoms with Crippen molar-refractivity contribution in [2.75, 3.05) is 11.9 Å². The first-order valence-electron chi connectivity index (χ1n) is 6.18. The third kappa shape index (κ3) is 5.70. The van der Waals surface area contributed by atoms with E-state index in [9.17, 15) is 4.79 Å². The number of esters is 1. The van der Waals surface area contributed by atoms with Gasteiger partial charge in [0, 0.05) is 11.2 Å². The van der Waals surface area contributed by atoms with E-state index in [-0.39, 0.29) is 11.5 Å². The van der Waals surface area contributed by atoms with Gasteiger partial charge in [-0.3, -0.25) is 0 Å². The molecular formula is C14H20N2O2S. The standard InChI is InChI=1S/C14H20N2O2S/c1-5-18-12(17)10-7-6-8-11(9-10)15-13(19)16-14(2,3)4/h6-9H,5H2,1-4H3,(H2,15,16,19). The number of thiocarbonyl (C=S) groups is 1. The number of benzene rings is 1. The molecule has 0 saturated heterocycles. The van der Waals surface area contributed by atoms with Crippen LogP contribution in [0, 0.1) is 0 Å². The van der Waals surface area contributed by atoms with Crippen LogP contribution in [0.3, 0.4) is 0 Å². The Morgan fingerprint density at radius 3 is 2.63 bits per heavy atom. The number of anilines is 1. The van der Waals surface area contributed by atoms with Crippen LogP contribution in [0.15, 0.2) is 24.3 Å². The Hall–Kier alpha value is -1.62. The predicted octanol–water partition coefficient (Wildman–Crippen LogP) is 2.95. The van der Waals surface area contributed by atoms with Crippen LogP contribution in [-0.4, -0.2) is 23.2 Å². The molecule has 0 unspecified atom stereocenters. The summed E-state index contributed by atoms with van der Waals surface area (Å²) >= 11 is 5.21. The second kappa shape index (κ2) is 6.52. The second-order valence-corrected chi connectivity index (χ2v) is 5.54. The van der Waals surface area contributed by atoms with E-state index in [1.165, 1.54) is 0 Å². The molecule has 0 radical (unpaired) electrons. The fourth-order valence-electron chi connectivity index (χ4n) is 1.44. The summed E-state index contributed by atoms with van der Waals surface area (Å²) in [5, 5.41) is 6.72. The van der Waals surface area contributed by atoms with E-state index >= 15 is 0 Å². The Morgan fingerprint density at radius 1 is 1.37 bits per heavy atom. The van der Waals surface area contributed by atoms with Gasteiger partial charge in [0.05, 0.1) is 12.2 Å². The normalized spacial score (nSPS) is 10.7. The van der Waals surface area contributed by atoms with Gasteiger partial charge in [-0.25, -0.2) is 4.79 Å². The quantitative estimate of drug-likeness (QED) is 0.658. The first-order valence-corrected chi connectivity index (χ1v) is 6.59. The number of hydrogen-bond donors (Lipinski definition) is 2. The van der Waals surface area contributed by atoms with Gasteiger partial charge in [0.25, 0.3) is 0 Å². The molecule has 0 aliphatic heterocycles. The first kappa shape index (κ1) is 15.4. The highest BCUT2D eigenvalue weighted by molar-refractivity contribution is 7.80. The van der Waals surface area contributed by atoms with Gasteiger partial charge < -0.3 is 15.4 Å². The zero-order valence-corrected chi connectivity index (χ0v) is 12.6. The van der Waals surface area contributed by atoms with Crippen molar-refractivity contribution in [2.24, 2.45) is 0 Å². The second-order valence-electron chi connectivity index (χ2n) is 5.13. The minimum Gasteiger partial charge on any atom is -0.462 e. The Kier molecular flexibility index (Phi) is 5.30. The predicted molar refractivity (Wildman–Crippen MR) is 81.5 cm³/mol. The fourth-order valence-corrected chi connectivity index (χ4v) is 1.87. The Labute approximate surface area is 119 Å². The molecule has 1 aromatic carbocycles. The lowest BCUT2D eigenvalue weighted by atomic mass is 10.1.